The second kappa shape index (κ2) is 8.38. The van der Waals surface area contributed by atoms with Crippen LogP contribution in [0.1, 0.15) is 40.6 Å². The summed E-state index contributed by atoms with van der Waals surface area (Å²) in [6, 6.07) is 8.89. The first-order chi connectivity index (χ1) is 12.6. The number of aromatic nitrogens is 2. The van der Waals surface area contributed by atoms with Gasteiger partial charge in [-0.25, -0.2) is 14.8 Å². The topological polar surface area (TPSA) is 75.5 Å². The van der Waals surface area contributed by atoms with Gasteiger partial charge in [-0.1, -0.05) is 12.1 Å². The van der Waals surface area contributed by atoms with Crippen molar-refractivity contribution in [1.29, 1.82) is 0 Å². The maximum Gasteiger partial charge on any atom is 0.335 e. The number of aryl methyl sites for hydroxylation is 1. The van der Waals surface area contributed by atoms with Gasteiger partial charge < -0.3 is 14.7 Å². The first kappa shape index (κ1) is 18.5. The number of likely N-dealkylation sites (tertiary alicyclic amines) is 1. The van der Waals surface area contributed by atoms with Crippen molar-refractivity contribution in [2.45, 2.75) is 25.7 Å². The highest BCUT2D eigenvalue weighted by molar-refractivity contribution is 5.88. The van der Waals surface area contributed by atoms with Crippen molar-refractivity contribution in [3.8, 4) is 11.3 Å². The monoisotopic (exact) mass is 355 g/mol. The Morgan fingerprint density at radius 1 is 1.31 bits per heavy atom. The van der Waals surface area contributed by atoms with Crippen LogP contribution in [-0.4, -0.2) is 59.3 Å². The van der Waals surface area contributed by atoms with E-state index in [2.05, 4.69) is 14.9 Å². The van der Waals surface area contributed by atoms with Crippen molar-refractivity contribution >= 4 is 5.97 Å². The fraction of sp³-hybridized carbons (Fsp3) is 0.450. The molecule has 1 saturated heterocycles. The lowest BCUT2D eigenvalue weighted by atomic mass is 9.93. The van der Waals surface area contributed by atoms with Crippen LogP contribution >= 0.6 is 0 Å². The van der Waals surface area contributed by atoms with E-state index in [1.54, 1.807) is 31.4 Å². The summed E-state index contributed by atoms with van der Waals surface area (Å²) in [5.41, 5.74) is 3.10. The Balaban J connectivity index is 1.82. The predicted molar refractivity (Wildman–Crippen MR) is 99.5 cm³/mol. The average molecular weight is 355 g/mol. The molecule has 26 heavy (non-hydrogen) atoms. The van der Waals surface area contributed by atoms with Crippen molar-refractivity contribution < 1.29 is 14.6 Å². The van der Waals surface area contributed by atoms with E-state index in [1.165, 1.54) is 0 Å². The molecule has 0 saturated carbocycles. The summed E-state index contributed by atoms with van der Waals surface area (Å²) in [6.45, 7) is 5.69. The number of rotatable bonds is 6. The number of hydrogen-bond donors (Lipinski definition) is 1. The van der Waals surface area contributed by atoms with Crippen LogP contribution in [0, 0.1) is 6.92 Å². The van der Waals surface area contributed by atoms with Gasteiger partial charge in [-0.05, 0) is 44.5 Å². The molecule has 0 radical (unpaired) electrons. The lowest BCUT2D eigenvalue weighted by Crippen LogP contribution is -2.36. The normalized spacial score (nSPS) is 18.0. The van der Waals surface area contributed by atoms with Crippen LogP contribution < -0.4 is 0 Å². The van der Waals surface area contributed by atoms with Crippen molar-refractivity contribution in [3.63, 3.8) is 0 Å². The van der Waals surface area contributed by atoms with Crippen LogP contribution in [0.3, 0.4) is 0 Å². The number of ether oxygens (including phenoxy) is 1. The minimum Gasteiger partial charge on any atom is -0.478 e. The van der Waals surface area contributed by atoms with E-state index in [0.29, 0.717) is 5.92 Å². The molecule has 1 atom stereocenters. The molecule has 1 aromatic heterocycles. The van der Waals surface area contributed by atoms with Gasteiger partial charge in [-0.2, -0.15) is 0 Å². The number of nitrogens with zero attached hydrogens (tertiary/aromatic N) is 3. The Hall–Kier alpha value is -2.31. The SMILES string of the molecule is COCCN1CCC[C@H](c2cc(-c3ccc(C(=O)O)cc3)nc(C)n2)C1. The highest BCUT2D eigenvalue weighted by Crippen LogP contribution is 2.28. The average Bonchev–Trinajstić information content (AvgIpc) is 2.66. The number of aromatic carboxylic acids is 1. The molecule has 2 aromatic rings. The maximum absolute atomic E-state index is 11.0. The quantitative estimate of drug-likeness (QED) is 0.858. The number of piperidine rings is 1. The van der Waals surface area contributed by atoms with Crippen LogP contribution in [0.25, 0.3) is 11.3 Å². The summed E-state index contributed by atoms with van der Waals surface area (Å²) in [5.74, 6) is 0.211. The van der Waals surface area contributed by atoms with E-state index in [0.717, 1.165) is 61.9 Å². The Morgan fingerprint density at radius 3 is 2.77 bits per heavy atom. The second-order valence-electron chi connectivity index (χ2n) is 6.74. The summed E-state index contributed by atoms with van der Waals surface area (Å²) in [7, 11) is 1.73. The summed E-state index contributed by atoms with van der Waals surface area (Å²) in [5, 5.41) is 9.05. The summed E-state index contributed by atoms with van der Waals surface area (Å²) in [6.07, 6.45) is 2.28. The van der Waals surface area contributed by atoms with E-state index < -0.39 is 5.97 Å². The summed E-state index contributed by atoms with van der Waals surface area (Å²) < 4.78 is 5.20. The van der Waals surface area contributed by atoms with Crippen LogP contribution in [0.2, 0.25) is 0 Å². The third-order valence-corrected chi connectivity index (χ3v) is 4.82. The van der Waals surface area contributed by atoms with Gasteiger partial charge in [0.05, 0.1) is 17.9 Å². The predicted octanol–water partition coefficient (Wildman–Crippen LogP) is 2.98. The van der Waals surface area contributed by atoms with Gasteiger partial charge >= 0.3 is 5.97 Å². The Kier molecular flexibility index (Phi) is 5.96. The van der Waals surface area contributed by atoms with Crippen molar-refractivity contribution in [3.05, 3.63) is 47.4 Å². The van der Waals surface area contributed by atoms with Crippen LogP contribution in [0.15, 0.2) is 30.3 Å². The molecule has 2 heterocycles. The molecular weight excluding hydrogens is 330 g/mol. The molecule has 0 amide bonds. The van der Waals surface area contributed by atoms with E-state index in [1.807, 2.05) is 13.0 Å². The number of carbonyl (C=O) groups is 1. The first-order valence-electron chi connectivity index (χ1n) is 8.97. The lowest BCUT2D eigenvalue weighted by Gasteiger charge is -2.32. The molecule has 0 aliphatic carbocycles. The Labute approximate surface area is 153 Å². The van der Waals surface area contributed by atoms with E-state index in [4.69, 9.17) is 9.84 Å². The summed E-state index contributed by atoms with van der Waals surface area (Å²) in [4.78, 5) is 22.7. The van der Waals surface area contributed by atoms with E-state index in [-0.39, 0.29) is 5.56 Å². The molecule has 1 aromatic carbocycles. The highest BCUT2D eigenvalue weighted by atomic mass is 16.5. The minimum atomic E-state index is -0.922. The van der Waals surface area contributed by atoms with Gasteiger partial charge in [-0.15, -0.1) is 0 Å². The Bertz CT molecular complexity index is 761. The molecule has 1 aliphatic heterocycles. The molecule has 0 spiro atoms. The maximum atomic E-state index is 11.0. The van der Waals surface area contributed by atoms with Gasteiger partial charge in [0.25, 0.3) is 0 Å². The number of carboxylic acids is 1. The van der Waals surface area contributed by atoms with Crippen molar-refractivity contribution in [2.75, 3.05) is 33.4 Å². The smallest absolute Gasteiger partial charge is 0.335 e. The molecule has 6 nitrogen and oxygen atoms in total. The second-order valence-corrected chi connectivity index (χ2v) is 6.74. The zero-order valence-electron chi connectivity index (χ0n) is 15.3. The van der Waals surface area contributed by atoms with Crippen molar-refractivity contribution in [2.24, 2.45) is 0 Å². The number of benzene rings is 1. The molecule has 1 N–H and O–H groups in total. The van der Waals surface area contributed by atoms with Crippen LogP contribution in [-0.2, 0) is 4.74 Å². The zero-order valence-corrected chi connectivity index (χ0v) is 15.3. The standard InChI is InChI=1S/C20H25N3O3/c1-14-21-18(15-5-7-16(8-6-15)20(24)25)12-19(22-14)17-4-3-9-23(13-17)10-11-26-2/h5-8,12,17H,3-4,9-11,13H2,1-2H3,(H,24,25)/t17-/m0/s1. The third kappa shape index (κ3) is 4.45. The van der Waals surface area contributed by atoms with Gasteiger partial charge in [0.15, 0.2) is 0 Å². The number of hydrogen-bond acceptors (Lipinski definition) is 5. The molecular formula is C20H25N3O3. The molecule has 0 unspecified atom stereocenters. The molecule has 1 fully saturated rings. The van der Waals surface area contributed by atoms with E-state index >= 15 is 0 Å². The third-order valence-electron chi connectivity index (χ3n) is 4.82. The van der Waals surface area contributed by atoms with Gasteiger partial charge in [-0.3, -0.25) is 0 Å². The summed E-state index contributed by atoms with van der Waals surface area (Å²) >= 11 is 0. The molecule has 3 rings (SSSR count). The van der Waals surface area contributed by atoms with E-state index in [9.17, 15) is 4.79 Å². The van der Waals surface area contributed by atoms with Crippen LogP contribution in [0.4, 0.5) is 0 Å². The lowest BCUT2D eigenvalue weighted by molar-refractivity contribution is 0.0697. The molecule has 1 aliphatic rings. The van der Waals surface area contributed by atoms with Crippen molar-refractivity contribution in [1.82, 2.24) is 14.9 Å². The molecule has 0 bridgehead atoms. The van der Waals surface area contributed by atoms with Crippen LogP contribution in [0.5, 0.6) is 0 Å². The number of carboxylic acid groups (broad SMARTS) is 1. The van der Waals surface area contributed by atoms with Gasteiger partial charge in [0.2, 0.25) is 0 Å². The molecule has 6 heteroatoms. The largest absolute Gasteiger partial charge is 0.478 e. The highest BCUT2D eigenvalue weighted by Gasteiger charge is 2.23. The fourth-order valence-electron chi connectivity index (χ4n) is 3.45. The molecule has 138 valence electrons. The van der Waals surface area contributed by atoms with Gasteiger partial charge in [0.1, 0.15) is 5.82 Å². The minimum absolute atomic E-state index is 0.279. The fourth-order valence-corrected chi connectivity index (χ4v) is 3.45. The van der Waals surface area contributed by atoms with Gasteiger partial charge in [0, 0.05) is 37.4 Å². The first-order valence-corrected chi connectivity index (χ1v) is 8.97. The zero-order chi connectivity index (χ0) is 18.5. The number of methoxy groups -OCH3 is 1. The Morgan fingerprint density at radius 2 is 2.08 bits per heavy atom.